The van der Waals surface area contributed by atoms with Crippen molar-refractivity contribution in [1.82, 2.24) is 14.9 Å². The SMILES string of the molecule is COc1nccnc1OC1CCN(C(=O)Cc2ccc(C(F)(F)F)cc2)C1. The highest BCUT2D eigenvalue weighted by atomic mass is 19.4. The van der Waals surface area contributed by atoms with E-state index in [1.807, 2.05) is 0 Å². The van der Waals surface area contributed by atoms with Gasteiger partial charge in [0.1, 0.15) is 6.10 Å². The van der Waals surface area contributed by atoms with Crippen LogP contribution in [0, 0.1) is 0 Å². The molecule has 1 aromatic heterocycles. The summed E-state index contributed by atoms with van der Waals surface area (Å²) in [5, 5.41) is 0. The topological polar surface area (TPSA) is 64.6 Å². The average Bonchev–Trinajstić information content (AvgIpc) is 3.10. The maximum Gasteiger partial charge on any atom is 0.416 e. The monoisotopic (exact) mass is 381 g/mol. The number of rotatable bonds is 5. The van der Waals surface area contributed by atoms with Crippen LogP contribution in [0.25, 0.3) is 0 Å². The van der Waals surface area contributed by atoms with E-state index in [2.05, 4.69) is 9.97 Å². The van der Waals surface area contributed by atoms with Crippen LogP contribution in [0.2, 0.25) is 0 Å². The van der Waals surface area contributed by atoms with Gasteiger partial charge in [0.2, 0.25) is 5.91 Å². The molecule has 1 amide bonds. The van der Waals surface area contributed by atoms with Gasteiger partial charge in [-0.25, -0.2) is 9.97 Å². The lowest BCUT2D eigenvalue weighted by atomic mass is 10.1. The van der Waals surface area contributed by atoms with Crippen LogP contribution in [0.1, 0.15) is 17.5 Å². The highest BCUT2D eigenvalue weighted by molar-refractivity contribution is 5.79. The Bertz CT molecular complexity index is 796. The van der Waals surface area contributed by atoms with Crippen LogP contribution < -0.4 is 9.47 Å². The van der Waals surface area contributed by atoms with E-state index >= 15 is 0 Å². The maximum absolute atomic E-state index is 12.6. The van der Waals surface area contributed by atoms with Gasteiger partial charge in [0.25, 0.3) is 11.8 Å². The van der Waals surface area contributed by atoms with Gasteiger partial charge in [-0.2, -0.15) is 13.2 Å². The summed E-state index contributed by atoms with van der Waals surface area (Å²) in [5.41, 5.74) is -0.195. The molecular formula is C18H18F3N3O3. The standard InChI is InChI=1S/C18H18F3N3O3/c1-26-16-17(23-8-7-22-16)27-14-6-9-24(11-14)15(25)10-12-2-4-13(5-3-12)18(19,20)21/h2-5,7-8,14H,6,9-11H2,1H3. The molecule has 1 saturated heterocycles. The summed E-state index contributed by atoms with van der Waals surface area (Å²) in [6.07, 6.45) is -0.992. The van der Waals surface area contributed by atoms with Gasteiger partial charge in [-0.05, 0) is 17.7 Å². The maximum atomic E-state index is 12.6. The van der Waals surface area contributed by atoms with Gasteiger partial charge in [0, 0.05) is 25.4 Å². The number of carbonyl (C=O) groups is 1. The lowest BCUT2D eigenvalue weighted by Gasteiger charge is -2.17. The Hall–Kier alpha value is -2.84. The first-order chi connectivity index (χ1) is 12.9. The fourth-order valence-corrected chi connectivity index (χ4v) is 2.84. The third-order valence-corrected chi connectivity index (χ3v) is 4.24. The van der Waals surface area contributed by atoms with E-state index in [1.165, 1.54) is 31.6 Å². The van der Waals surface area contributed by atoms with Crippen LogP contribution in [0.4, 0.5) is 13.2 Å². The first-order valence-electron chi connectivity index (χ1n) is 8.32. The van der Waals surface area contributed by atoms with E-state index in [0.29, 0.717) is 25.1 Å². The van der Waals surface area contributed by atoms with E-state index < -0.39 is 11.7 Å². The molecule has 1 aliphatic rings. The Morgan fingerprint density at radius 2 is 1.85 bits per heavy atom. The molecule has 1 aromatic carbocycles. The second-order valence-corrected chi connectivity index (χ2v) is 6.11. The van der Waals surface area contributed by atoms with Gasteiger partial charge in [0.15, 0.2) is 0 Å². The fourth-order valence-electron chi connectivity index (χ4n) is 2.84. The number of hydrogen-bond acceptors (Lipinski definition) is 5. The van der Waals surface area contributed by atoms with Crippen molar-refractivity contribution in [3.63, 3.8) is 0 Å². The van der Waals surface area contributed by atoms with Gasteiger partial charge in [0.05, 0.1) is 25.6 Å². The number of methoxy groups -OCH3 is 1. The van der Waals surface area contributed by atoms with Gasteiger partial charge in [-0.3, -0.25) is 4.79 Å². The summed E-state index contributed by atoms with van der Waals surface area (Å²) in [6.45, 7) is 0.881. The van der Waals surface area contributed by atoms with Crippen molar-refractivity contribution >= 4 is 5.91 Å². The Morgan fingerprint density at radius 3 is 2.48 bits per heavy atom. The van der Waals surface area contributed by atoms with Gasteiger partial charge < -0.3 is 14.4 Å². The third-order valence-electron chi connectivity index (χ3n) is 4.24. The number of ether oxygens (including phenoxy) is 2. The minimum Gasteiger partial charge on any atom is -0.477 e. The average molecular weight is 381 g/mol. The number of nitrogens with zero attached hydrogens (tertiary/aromatic N) is 3. The zero-order valence-electron chi connectivity index (χ0n) is 14.6. The number of aromatic nitrogens is 2. The molecule has 2 heterocycles. The van der Waals surface area contributed by atoms with Gasteiger partial charge in [-0.15, -0.1) is 0 Å². The molecule has 1 unspecified atom stereocenters. The largest absolute Gasteiger partial charge is 0.477 e. The molecule has 0 bridgehead atoms. The summed E-state index contributed by atoms with van der Waals surface area (Å²) < 4.78 is 48.6. The van der Waals surface area contributed by atoms with Crippen molar-refractivity contribution in [2.24, 2.45) is 0 Å². The van der Waals surface area contributed by atoms with Crippen molar-refractivity contribution in [3.05, 3.63) is 47.8 Å². The van der Waals surface area contributed by atoms with E-state index in [1.54, 1.807) is 4.90 Å². The minimum absolute atomic E-state index is 0.0410. The molecule has 144 valence electrons. The van der Waals surface area contributed by atoms with E-state index in [-0.39, 0.29) is 30.2 Å². The number of likely N-dealkylation sites (tertiary alicyclic amines) is 1. The molecule has 9 heteroatoms. The number of alkyl halides is 3. The molecule has 27 heavy (non-hydrogen) atoms. The molecule has 0 aliphatic carbocycles. The number of benzene rings is 1. The van der Waals surface area contributed by atoms with E-state index in [0.717, 1.165) is 12.1 Å². The number of amides is 1. The highest BCUT2D eigenvalue weighted by Gasteiger charge is 2.31. The van der Waals surface area contributed by atoms with E-state index in [4.69, 9.17) is 9.47 Å². The summed E-state index contributed by atoms with van der Waals surface area (Å²) in [6, 6.07) is 4.63. The predicted molar refractivity (Wildman–Crippen MR) is 89.3 cm³/mol. The first-order valence-corrected chi connectivity index (χ1v) is 8.32. The zero-order chi connectivity index (χ0) is 19.4. The summed E-state index contributed by atoms with van der Waals surface area (Å²) >= 11 is 0. The molecule has 6 nitrogen and oxygen atoms in total. The third kappa shape index (κ3) is 4.66. The van der Waals surface area contributed by atoms with Crippen molar-refractivity contribution < 1.29 is 27.4 Å². The smallest absolute Gasteiger partial charge is 0.416 e. The molecule has 1 aliphatic heterocycles. The number of hydrogen-bond donors (Lipinski definition) is 0. The normalized spacial score (nSPS) is 17.0. The van der Waals surface area contributed by atoms with Crippen molar-refractivity contribution in [2.45, 2.75) is 25.1 Å². The molecule has 2 aromatic rings. The van der Waals surface area contributed by atoms with Crippen LogP contribution in [-0.4, -0.2) is 47.1 Å². The van der Waals surface area contributed by atoms with Crippen LogP contribution >= 0.6 is 0 Å². The van der Waals surface area contributed by atoms with E-state index in [9.17, 15) is 18.0 Å². The summed E-state index contributed by atoms with van der Waals surface area (Å²) in [5.74, 6) is 0.376. The molecule has 0 radical (unpaired) electrons. The fraction of sp³-hybridized carbons (Fsp3) is 0.389. The predicted octanol–water partition coefficient (Wildman–Crippen LogP) is 2.73. The number of halogens is 3. The summed E-state index contributed by atoms with van der Waals surface area (Å²) in [7, 11) is 1.46. The molecule has 0 spiro atoms. The second kappa shape index (κ2) is 7.81. The Labute approximate surface area is 153 Å². The summed E-state index contributed by atoms with van der Waals surface area (Å²) in [4.78, 5) is 22.1. The van der Waals surface area contributed by atoms with Crippen molar-refractivity contribution in [3.8, 4) is 11.8 Å². The Kier molecular flexibility index (Phi) is 5.48. The lowest BCUT2D eigenvalue weighted by Crippen LogP contribution is -2.32. The van der Waals surface area contributed by atoms with Crippen LogP contribution in [0.3, 0.4) is 0 Å². The van der Waals surface area contributed by atoms with Crippen molar-refractivity contribution in [2.75, 3.05) is 20.2 Å². The molecule has 3 rings (SSSR count). The van der Waals surface area contributed by atoms with Crippen LogP contribution in [0.5, 0.6) is 11.8 Å². The minimum atomic E-state index is -4.39. The molecular weight excluding hydrogens is 363 g/mol. The molecule has 1 atom stereocenters. The van der Waals surface area contributed by atoms with Crippen LogP contribution in [-0.2, 0) is 17.4 Å². The quantitative estimate of drug-likeness (QED) is 0.797. The number of carbonyl (C=O) groups excluding carboxylic acids is 1. The van der Waals surface area contributed by atoms with Crippen LogP contribution in [0.15, 0.2) is 36.7 Å². The molecule has 0 saturated carbocycles. The first kappa shape index (κ1) is 18.9. The lowest BCUT2D eigenvalue weighted by molar-refractivity contribution is -0.137. The Morgan fingerprint density at radius 1 is 1.19 bits per heavy atom. The molecule has 0 N–H and O–H groups in total. The molecule has 1 fully saturated rings. The zero-order valence-corrected chi connectivity index (χ0v) is 14.6. The van der Waals surface area contributed by atoms with Gasteiger partial charge in [-0.1, -0.05) is 12.1 Å². The van der Waals surface area contributed by atoms with Crippen molar-refractivity contribution in [1.29, 1.82) is 0 Å². The van der Waals surface area contributed by atoms with Gasteiger partial charge >= 0.3 is 6.18 Å². The second-order valence-electron chi connectivity index (χ2n) is 6.11. The Balaban J connectivity index is 1.56. The highest BCUT2D eigenvalue weighted by Crippen LogP contribution is 2.29.